The molecule has 9 nitrogen and oxygen atoms in total. The van der Waals surface area contributed by atoms with E-state index in [0.29, 0.717) is 24.5 Å². The maximum atomic E-state index is 12.8. The fraction of sp³-hybridized carbons (Fsp3) is 0.200. The molecule has 0 aliphatic carbocycles. The van der Waals surface area contributed by atoms with E-state index < -0.39 is 28.1 Å². The molecule has 0 saturated carbocycles. The molecule has 0 bridgehead atoms. The lowest BCUT2D eigenvalue weighted by molar-refractivity contribution is -0.192. The normalized spacial score (nSPS) is 11.1. The molecule has 0 saturated heterocycles. The number of ether oxygens (including phenoxy) is 1. The summed E-state index contributed by atoms with van der Waals surface area (Å²) in [6.07, 6.45) is -5.08. The third-order valence-electron chi connectivity index (χ3n) is 5.09. The standard InChI is InChI=1S/C23H23ClN2O5S.C2HF3O2/c1-3-26(15-16-7-5-4-6-8-16)21-11-9-17(13-19(21)23(27)28)25-32(29,30)18-10-12-22(31-2)20(24)14-18;3-2(4,5)1(6)7/h4-14,25H,3,15H2,1-2H3,(H,27,28);(H,6,7). The van der Waals surface area contributed by atoms with Crippen LogP contribution in [0.4, 0.5) is 24.5 Å². The van der Waals surface area contributed by atoms with E-state index in [2.05, 4.69) is 4.72 Å². The summed E-state index contributed by atoms with van der Waals surface area (Å²) in [4.78, 5) is 22.7. The Morgan fingerprint density at radius 2 is 1.64 bits per heavy atom. The molecule has 3 rings (SSSR count). The lowest BCUT2D eigenvalue weighted by atomic mass is 10.1. The lowest BCUT2D eigenvalue weighted by Gasteiger charge is -2.25. The highest BCUT2D eigenvalue weighted by atomic mass is 35.5. The van der Waals surface area contributed by atoms with Crippen molar-refractivity contribution in [3.05, 3.63) is 82.9 Å². The maximum Gasteiger partial charge on any atom is 0.490 e. The van der Waals surface area contributed by atoms with Crippen LogP contribution in [0.25, 0.3) is 0 Å². The number of alkyl halides is 3. The number of benzene rings is 3. The summed E-state index contributed by atoms with van der Waals surface area (Å²) < 4.78 is 64.8. The first-order valence-electron chi connectivity index (χ1n) is 11.0. The Morgan fingerprint density at radius 1 is 1.03 bits per heavy atom. The monoisotopic (exact) mass is 588 g/mol. The van der Waals surface area contributed by atoms with Crippen LogP contribution in [0.15, 0.2) is 71.6 Å². The van der Waals surface area contributed by atoms with Crippen LogP contribution in [0.1, 0.15) is 22.8 Å². The predicted molar refractivity (Wildman–Crippen MR) is 139 cm³/mol. The number of sulfonamides is 1. The Bertz CT molecular complexity index is 1420. The van der Waals surface area contributed by atoms with Gasteiger partial charge >= 0.3 is 18.1 Å². The van der Waals surface area contributed by atoms with E-state index in [4.69, 9.17) is 26.2 Å². The van der Waals surface area contributed by atoms with Gasteiger partial charge in [0.05, 0.1) is 28.3 Å². The number of rotatable bonds is 9. The molecule has 3 aromatic rings. The fourth-order valence-corrected chi connectivity index (χ4v) is 4.64. The number of nitrogens with one attached hydrogen (secondary N) is 1. The number of aliphatic carboxylic acids is 1. The number of nitrogens with zero attached hydrogens (tertiary/aromatic N) is 1. The minimum absolute atomic E-state index is 0.00394. The summed E-state index contributed by atoms with van der Waals surface area (Å²) in [5.41, 5.74) is 1.66. The van der Waals surface area contributed by atoms with E-state index in [1.807, 2.05) is 42.2 Å². The highest BCUT2D eigenvalue weighted by Crippen LogP contribution is 2.30. The van der Waals surface area contributed by atoms with Gasteiger partial charge in [-0.2, -0.15) is 13.2 Å². The maximum absolute atomic E-state index is 12.8. The molecule has 0 aliphatic heterocycles. The van der Waals surface area contributed by atoms with Crippen molar-refractivity contribution in [1.29, 1.82) is 0 Å². The number of carboxylic acid groups (broad SMARTS) is 2. The molecule has 0 unspecified atom stereocenters. The third-order valence-corrected chi connectivity index (χ3v) is 6.77. The molecule has 0 heterocycles. The number of carbonyl (C=O) groups is 2. The zero-order valence-corrected chi connectivity index (χ0v) is 22.1. The topological polar surface area (TPSA) is 133 Å². The molecule has 0 aromatic heterocycles. The highest BCUT2D eigenvalue weighted by Gasteiger charge is 2.38. The molecule has 14 heteroatoms. The molecular formula is C25H24ClF3N2O7S. The van der Waals surface area contributed by atoms with Crippen LogP contribution in [0.3, 0.4) is 0 Å². The molecule has 0 spiro atoms. The van der Waals surface area contributed by atoms with Gasteiger partial charge in [-0.15, -0.1) is 0 Å². The quantitative estimate of drug-likeness (QED) is 0.298. The molecule has 3 aromatic carbocycles. The Balaban J connectivity index is 0.000000673. The van der Waals surface area contributed by atoms with Crippen molar-refractivity contribution in [2.24, 2.45) is 0 Å². The van der Waals surface area contributed by atoms with Gasteiger partial charge in [-0.1, -0.05) is 41.9 Å². The van der Waals surface area contributed by atoms with E-state index >= 15 is 0 Å². The molecule has 210 valence electrons. The second kappa shape index (κ2) is 13.2. The van der Waals surface area contributed by atoms with Crippen molar-refractivity contribution in [3.8, 4) is 5.75 Å². The van der Waals surface area contributed by atoms with Gasteiger partial charge in [-0.25, -0.2) is 18.0 Å². The average molecular weight is 589 g/mol. The van der Waals surface area contributed by atoms with Gasteiger partial charge in [-0.05, 0) is 48.9 Å². The SMILES string of the molecule is CCN(Cc1ccccc1)c1ccc(NS(=O)(=O)c2ccc(OC)c(Cl)c2)cc1C(=O)O.O=C(O)C(F)(F)F. The van der Waals surface area contributed by atoms with Gasteiger partial charge in [0.1, 0.15) is 5.75 Å². The molecule has 39 heavy (non-hydrogen) atoms. The van der Waals surface area contributed by atoms with E-state index in [1.54, 1.807) is 6.07 Å². The molecule has 0 fully saturated rings. The van der Waals surface area contributed by atoms with Crippen LogP contribution >= 0.6 is 11.6 Å². The summed E-state index contributed by atoms with van der Waals surface area (Å²) in [5, 5.41) is 17.0. The molecule has 3 N–H and O–H groups in total. The van der Waals surface area contributed by atoms with Gasteiger partial charge in [0.15, 0.2) is 0 Å². The summed E-state index contributed by atoms with van der Waals surface area (Å²) in [6.45, 7) is 3.02. The Kier molecular flexibility index (Phi) is 10.6. The van der Waals surface area contributed by atoms with Crippen molar-refractivity contribution in [3.63, 3.8) is 0 Å². The zero-order valence-electron chi connectivity index (χ0n) is 20.6. The van der Waals surface area contributed by atoms with E-state index in [0.717, 1.165) is 5.56 Å². The van der Waals surface area contributed by atoms with Crippen molar-refractivity contribution in [1.82, 2.24) is 0 Å². The first-order chi connectivity index (χ1) is 18.2. The largest absolute Gasteiger partial charge is 0.495 e. The Labute approximate surface area is 227 Å². The molecular weight excluding hydrogens is 565 g/mol. The number of hydrogen-bond acceptors (Lipinski definition) is 6. The summed E-state index contributed by atoms with van der Waals surface area (Å²) in [7, 11) is -2.56. The first-order valence-corrected chi connectivity index (χ1v) is 12.9. The van der Waals surface area contributed by atoms with Crippen LogP contribution in [0.2, 0.25) is 5.02 Å². The Morgan fingerprint density at radius 3 is 2.13 bits per heavy atom. The van der Waals surface area contributed by atoms with Gasteiger partial charge in [-0.3, -0.25) is 4.72 Å². The van der Waals surface area contributed by atoms with Gasteiger partial charge in [0, 0.05) is 18.8 Å². The van der Waals surface area contributed by atoms with Crippen LogP contribution in [0, 0.1) is 0 Å². The predicted octanol–water partition coefficient (Wildman–Crippen LogP) is 5.51. The van der Waals surface area contributed by atoms with Crippen molar-refractivity contribution < 1.29 is 46.1 Å². The second-order valence-corrected chi connectivity index (χ2v) is 9.83. The van der Waals surface area contributed by atoms with Crippen LogP contribution in [-0.4, -0.2) is 50.4 Å². The number of aromatic carboxylic acids is 1. The molecule has 0 atom stereocenters. The van der Waals surface area contributed by atoms with E-state index in [-0.39, 0.29) is 21.2 Å². The van der Waals surface area contributed by atoms with Gasteiger partial charge in [0.2, 0.25) is 0 Å². The van der Waals surface area contributed by atoms with Crippen molar-refractivity contribution >= 4 is 44.9 Å². The van der Waals surface area contributed by atoms with Crippen molar-refractivity contribution in [2.45, 2.75) is 24.5 Å². The highest BCUT2D eigenvalue weighted by molar-refractivity contribution is 7.92. The van der Waals surface area contributed by atoms with Gasteiger partial charge < -0.3 is 19.8 Å². The van der Waals surface area contributed by atoms with Crippen LogP contribution in [0.5, 0.6) is 5.75 Å². The summed E-state index contributed by atoms with van der Waals surface area (Å²) in [5.74, 6) is -3.56. The fourth-order valence-electron chi connectivity index (χ4n) is 3.25. The minimum Gasteiger partial charge on any atom is -0.495 e. The van der Waals surface area contributed by atoms with E-state index in [9.17, 15) is 31.5 Å². The smallest absolute Gasteiger partial charge is 0.490 e. The third kappa shape index (κ3) is 8.79. The number of carboxylic acids is 2. The number of anilines is 2. The number of halogens is 4. The number of hydrogen-bond donors (Lipinski definition) is 3. The molecule has 0 radical (unpaired) electrons. The van der Waals surface area contributed by atoms with Crippen LogP contribution < -0.4 is 14.4 Å². The summed E-state index contributed by atoms with van der Waals surface area (Å²) in [6, 6.07) is 18.2. The lowest BCUT2D eigenvalue weighted by Crippen LogP contribution is -2.24. The first kappa shape index (κ1) is 31.2. The molecule has 0 amide bonds. The van der Waals surface area contributed by atoms with Gasteiger partial charge in [0.25, 0.3) is 10.0 Å². The summed E-state index contributed by atoms with van der Waals surface area (Å²) >= 11 is 6.04. The van der Waals surface area contributed by atoms with Crippen molar-refractivity contribution in [2.75, 3.05) is 23.3 Å². The molecule has 0 aliphatic rings. The Hall–Kier alpha value is -3.97. The van der Waals surface area contributed by atoms with E-state index in [1.165, 1.54) is 37.4 Å². The average Bonchev–Trinajstić information content (AvgIpc) is 2.87. The zero-order chi connectivity index (χ0) is 29.4. The minimum atomic E-state index is -5.08. The second-order valence-electron chi connectivity index (χ2n) is 7.74. The number of methoxy groups -OCH3 is 1. The van der Waals surface area contributed by atoms with Crippen LogP contribution in [-0.2, 0) is 21.4 Å².